The predicted molar refractivity (Wildman–Crippen MR) is 171 cm³/mol. The van der Waals surface area contributed by atoms with Gasteiger partial charge in [0.05, 0.1) is 47.6 Å². The summed E-state index contributed by atoms with van der Waals surface area (Å²) in [7, 11) is 0. The minimum absolute atomic E-state index is 0.100. The first kappa shape index (κ1) is 28.4. The molecule has 2 aliphatic rings. The molecule has 8 rings (SSSR count). The van der Waals surface area contributed by atoms with Crippen LogP contribution in [0.2, 0.25) is 0 Å². The Morgan fingerprint density at radius 3 is 1.46 bits per heavy atom. The predicted octanol–water partition coefficient (Wildman–Crippen LogP) is 5.91. The summed E-state index contributed by atoms with van der Waals surface area (Å²) in [5.41, 5.74) is 5.49. The first-order valence-corrected chi connectivity index (χ1v) is 15.4. The third-order valence-corrected chi connectivity index (χ3v) is 9.30. The number of halogens is 2. The van der Waals surface area contributed by atoms with Gasteiger partial charge in [-0.25, -0.2) is 13.6 Å². The highest BCUT2D eigenvalue weighted by Gasteiger charge is 2.43. The van der Waals surface area contributed by atoms with E-state index in [1.54, 1.807) is 36.7 Å². The molecule has 0 spiro atoms. The Balaban J connectivity index is 1.23. The second-order valence-corrected chi connectivity index (χ2v) is 12.0. The number of urea groups is 1. The van der Waals surface area contributed by atoms with E-state index in [4.69, 9.17) is 0 Å². The minimum Gasteiger partial charge on any atom is -0.314 e. The van der Waals surface area contributed by atoms with Crippen LogP contribution in [0.1, 0.15) is 46.4 Å². The number of nitrogens with one attached hydrogen (secondary N) is 4. The lowest BCUT2D eigenvalue weighted by atomic mass is 9.88. The van der Waals surface area contributed by atoms with Crippen molar-refractivity contribution in [3.8, 4) is 0 Å². The van der Waals surface area contributed by atoms with Crippen molar-refractivity contribution in [2.24, 2.45) is 0 Å². The van der Waals surface area contributed by atoms with Crippen molar-refractivity contribution in [3.05, 3.63) is 131 Å². The molecule has 4 aromatic carbocycles. The number of piperazine rings is 2. The number of hydrogen-bond acceptors (Lipinski definition) is 5. The van der Waals surface area contributed by atoms with E-state index in [2.05, 4.69) is 43.2 Å². The average molecular weight is 619 g/mol. The number of hydrogen-bond donors (Lipinski definition) is 4. The van der Waals surface area contributed by atoms with Crippen LogP contribution in [0.15, 0.2) is 97.3 Å². The summed E-state index contributed by atoms with van der Waals surface area (Å²) in [6, 6.07) is 23.7. The summed E-state index contributed by atoms with van der Waals surface area (Å²) in [4.78, 5) is 18.9. The molecule has 0 aliphatic carbocycles. The molecule has 232 valence electrons. The van der Waals surface area contributed by atoms with Crippen molar-refractivity contribution in [3.63, 3.8) is 0 Å². The molecular weight excluding hydrogens is 586 g/mol. The molecule has 11 heteroatoms. The zero-order chi connectivity index (χ0) is 31.2. The topological polar surface area (TPSA) is 105 Å². The molecule has 2 saturated heterocycles. The summed E-state index contributed by atoms with van der Waals surface area (Å²) in [5.74, 6) is -0.622. The fourth-order valence-electron chi connectivity index (χ4n) is 7.11. The number of aromatic amines is 2. The van der Waals surface area contributed by atoms with Gasteiger partial charge in [0.1, 0.15) is 11.6 Å². The number of carbonyl (C=O) groups excluding carboxylic acids is 1. The SMILES string of the molecule is O=C(N1CCNC(c2ccc(F)cc2)C1c1ccc2[nH]ncc2c1)N1CCNC(c2ccc(F)cc2)C1c1ccc2[nH]ncc2c1. The lowest BCUT2D eigenvalue weighted by Crippen LogP contribution is -2.58. The molecule has 0 bridgehead atoms. The summed E-state index contributed by atoms with van der Waals surface area (Å²) in [6.07, 6.45) is 3.56. The Labute approximate surface area is 263 Å². The van der Waals surface area contributed by atoms with Gasteiger partial charge in [-0.2, -0.15) is 10.2 Å². The molecule has 4 atom stereocenters. The number of nitrogens with zero attached hydrogens (tertiary/aromatic N) is 4. The van der Waals surface area contributed by atoms with Gasteiger partial charge in [-0.05, 0) is 70.8 Å². The lowest BCUT2D eigenvalue weighted by Gasteiger charge is -2.48. The van der Waals surface area contributed by atoms with E-state index in [1.807, 2.05) is 34.1 Å². The average Bonchev–Trinajstić information content (AvgIpc) is 3.77. The Hall–Kier alpha value is -5.13. The third kappa shape index (κ3) is 5.07. The largest absolute Gasteiger partial charge is 0.321 e. The molecule has 0 saturated carbocycles. The van der Waals surface area contributed by atoms with E-state index in [1.165, 1.54) is 24.3 Å². The molecule has 4 heterocycles. The molecule has 2 amide bonds. The van der Waals surface area contributed by atoms with Gasteiger partial charge in [-0.3, -0.25) is 10.2 Å². The molecule has 6 aromatic rings. The molecule has 2 fully saturated rings. The van der Waals surface area contributed by atoms with Crippen LogP contribution in [-0.2, 0) is 0 Å². The summed E-state index contributed by atoms with van der Waals surface area (Å²) in [6.45, 7) is 2.08. The number of aromatic nitrogens is 4. The van der Waals surface area contributed by atoms with Crippen LogP contribution in [0.25, 0.3) is 21.8 Å². The molecule has 2 aliphatic heterocycles. The van der Waals surface area contributed by atoms with Gasteiger partial charge < -0.3 is 20.4 Å². The van der Waals surface area contributed by atoms with Crippen molar-refractivity contribution in [2.45, 2.75) is 24.2 Å². The second kappa shape index (κ2) is 11.7. The molecule has 4 N–H and O–H groups in total. The third-order valence-electron chi connectivity index (χ3n) is 9.30. The Morgan fingerprint density at radius 1 is 0.609 bits per heavy atom. The van der Waals surface area contributed by atoms with E-state index >= 15 is 4.79 Å². The van der Waals surface area contributed by atoms with E-state index in [-0.39, 0.29) is 41.8 Å². The highest BCUT2D eigenvalue weighted by molar-refractivity contribution is 5.81. The molecule has 46 heavy (non-hydrogen) atoms. The standard InChI is InChI=1S/C35H32F2N8O/c36-27-7-1-21(2-8-27)31-33(23-5-11-29-25(17-23)19-40-42-29)44(15-13-38-31)35(46)45-16-14-39-32(22-3-9-28(37)10-4-22)34(45)24-6-12-30-26(18-24)20-41-43-30/h1-12,17-20,31-34,38-39H,13-16H2,(H,40,42)(H,41,43). The van der Waals surface area contributed by atoms with E-state index in [0.717, 1.165) is 44.1 Å². The maximum absolute atomic E-state index is 15.0. The molecule has 4 unspecified atom stereocenters. The number of H-pyrrole nitrogens is 2. The van der Waals surface area contributed by atoms with Gasteiger partial charge in [0.2, 0.25) is 0 Å². The van der Waals surface area contributed by atoms with E-state index < -0.39 is 0 Å². The maximum atomic E-state index is 15.0. The number of fused-ring (bicyclic) bond motifs is 2. The van der Waals surface area contributed by atoms with Gasteiger partial charge in [0.25, 0.3) is 0 Å². The van der Waals surface area contributed by atoms with Crippen LogP contribution < -0.4 is 10.6 Å². The molecular formula is C35H32F2N8O. The summed E-state index contributed by atoms with van der Waals surface area (Å²) >= 11 is 0. The minimum atomic E-state index is -0.387. The van der Waals surface area contributed by atoms with Crippen LogP contribution >= 0.6 is 0 Å². The van der Waals surface area contributed by atoms with Gasteiger partial charge in [0, 0.05) is 37.0 Å². The quantitative estimate of drug-likeness (QED) is 0.197. The van der Waals surface area contributed by atoms with Gasteiger partial charge >= 0.3 is 6.03 Å². The van der Waals surface area contributed by atoms with Crippen LogP contribution in [0.3, 0.4) is 0 Å². The summed E-state index contributed by atoms with van der Waals surface area (Å²) in [5, 5.41) is 23.5. The van der Waals surface area contributed by atoms with E-state index in [0.29, 0.717) is 26.2 Å². The van der Waals surface area contributed by atoms with Gasteiger partial charge in [-0.1, -0.05) is 36.4 Å². The van der Waals surface area contributed by atoms with Crippen molar-refractivity contribution < 1.29 is 13.6 Å². The summed E-state index contributed by atoms with van der Waals surface area (Å²) < 4.78 is 28.0. The molecule has 2 aromatic heterocycles. The zero-order valence-electron chi connectivity index (χ0n) is 24.8. The van der Waals surface area contributed by atoms with Crippen molar-refractivity contribution in [1.29, 1.82) is 0 Å². The number of carbonyl (C=O) groups is 1. The number of amides is 2. The van der Waals surface area contributed by atoms with Gasteiger partial charge in [0.15, 0.2) is 0 Å². The first-order valence-electron chi connectivity index (χ1n) is 15.4. The van der Waals surface area contributed by atoms with Crippen LogP contribution in [0.5, 0.6) is 0 Å². The van der Waals surface area contributed by atoms with Crippen LogP contribution in [0, 0.1) is 11.6 Å². The second-order valence-electron chi connectivity index (χ2n) is 12.0. The number of benzene rings is 4. The maximum Gasteiger partial charge on any atom is 0.321 e. The monoisotopic (exact) mass is 618 g/mol. The van der Waals surface area contributed by atoms with Crippen LogP contribution in [-0.4, -0.2) is 62.4 Å². The fourth-order valence-corrected chi connectivity index (χ4v) is 7.11. The van der Waals surface area contributed by atoms with E-state index in [9.17, 15) is 8.78 Å². The lowest BCUT2D eigenvalue weighted by molar-refractivity contribution is 0.0691. The Morgan fingerprint density at radius 2 is 1.02 bits per heavy atom. The number of rotatable bonds is 4. The smallest absolute Gasteiger partial charge is 0.314 e. The molecule has 9 nitrogen and oxygen atoms in total. The Bertz CT molecular complexity index is 1860. The van der Waals surface area contributed by atoms with Crippen molar-refractivity contribution >= 4 is 27.8 Å². The fraction of sp³-hybridized carbons (Fsp3) is 0.229. The van der Waals surface area contributed by atoms with Gasteiger partial charge in [-0.15, -0.1) is 0 Å². The highest BCUT2D eigenvalue weighted by Crippen LogP contribution is 2.42. The highest BCUT2D eigenvalue weighted by atomic mass is 19.1. The first-order chi connectivity index (χ1) is 22.5. The zero-order valence-corrected chi connectivity index (χ0v) is 24.8. The van der Waals surface area contributed by atoms with Crippen molar-refractivity contribution in [1.82, 2.24) is 40.8 Å². The van der Waals surface area contributed by atoms with Crippen molar-refractivity contribution in [2.75, 3.05) is 26.2 Å². The van der Waals surface area contributed by atoms with Crippen LogP contribution in [0.4, 0.5) is 13.6 Å². The Kier molecular flexibility index (Phi) is 7.19. The molecule has 0 radical (unpaired) electrons. The normalized spacial score (nSPS) is 22.0.